The summed E-state index contributed by atoms with van der Waals surface area (Å²) in [6.07, 6.45) is 3.37. The molecule has 7 nitrogen and oxygen atoms in total. The van der Waals surface area contributed by atoms with Gasteiger partial charge in [-0.25, -0.2) is 9.78 Å². The number of carbonyl (C=O) groups excluding carboxylic acids is 2. The van der Waals surface area contributed by atoms with Gasteiger partial charge in [0.15, 0.2) is 0 Å². The monoisotopic (exact) mass is 304 g/mol. The molecule has 1 aliphatic heterocycles. The normalized spacial score (nSPS) is 18.0. The molecule has 1 aromatic rings. The van der Waals surface area contributed by atoms with Gasteiger partial charge in [-0.3, -0.25) is 4.79 Å². The highest BCUT2D eigenvalue weighted by atomic mass is 16.5. The largest absolute Gasteiger partial charge is 0.453 e. The zero-order chi connectivity index (χ0) is 15.5. The molecule has 0 aromatic carbocycles. The Morgan fingerprint density at radius 2 is 1.95 bits per heavy atom. The molecule has 2 aliphatic rings. The lowest BCUT2D eigenvalue weighted by atomic mass is 10.3. The summed E-state index contributed by atoms with van der Waals surface area (Å²) in [5, 5.41) is 2.87. The predicted octanol–water partition coefficient (Wildman–Crippen LogP) is 1.32. The smallest absolute Gasteiger partial charge is 0.409 e. The quantitative estimate of drug-likeness (QED) is 0.911. The fraction of sp³-hybridized carbons (Fsp3) is 0.533. The highest BCUT2D eigenvalue weighted by Crippen LogP contribution is 2.30. The van der Waals surface area contributed by atoms with Crippen molar-refractivity contribution in [3.63, 3.8) is 0 Å². The number of aromatic nitrogens is 1. The summed E-state index contributed by atoms with van der Waals surface area (Å²) in [5.74, 6) is 1.13. The Morgan fingerprint density at radius 1 is 1.23 bits per heavy atom. The maximum absolute atomic E-state index is 11.7. The van der Waals surface area contributed by atoms with Gasteiger partial charge in [0.1, 0.15) is 5.82 Å². The van der Waals surface area contributed by atoms with E-state index in [0.29, 0.717) is 13.1 Å². The van der Waals surface area contributed by atoms with Crippen LogP contribution in [-0.4, -0.2) is 55.2 Å². The second-order valence-electron chi connectivity index (χ2n) is 5.61. The highest BCUT2D eigenvalue weighted by Gasteiger charge is 2.29. The van der Waals surface area contributed by atoms with Gasteiger partial charge in [0.2, 0.25) is 5.91 Å². The highest BCUT2D eigenvalue weighted by molar-refractivity contribution is 5.93. The molecule has 118 valence electrons. The van der Waals surface area contributed by atoms with Crippen LogP contribution in [0, 0.1) is 5.92 Å². The van der Waals surface area contributed by atoms with Crippen LogP contribution in [0.25, 0.3) is 0 Å². The van der Waals surface area contributed by atoms with Crippen molar-refractivity contribution in [3.8, 4) is 0 Å². The summed E-state index contributed by atoms with van der Waals surface area (Å²) in [6, 6.07) is 3.77. The molecule has 2 amide bonds. The molecular formula is C15H20N4O3. The second-order valence-corrected chi connectivity index (χ2v) is 5.61. The number of ether oxygens (including phenoxy) is 1. The van der Waals surface area contributed by atoms with Crippen LogP contribution in [0.3, 0.4) is 0 Å². The van der Waals surface area contributed by atoms with E-state index in [9.17, 15) is 9.59 Å². The van der Waals surface area contributed by atoms with Crippen LogP contribution in [0.1, 0.15) is 12.8 Å². The fourth-order valence-electron chi connectivity index (χ4n) is 2.48. The molecule has 0 unspecified atom stereocenters. The molecule has 0 radical (unpaired) electrons. The van der Waals surface area contributed by atoms with E-state index in [4.69, 9.17) is 4.74 Å². The van der Waals surface area contributed by atoms with Gasteiger partial charge in [-0.2, -0.15) is 0 Å². The lowest BCUT2D eigenvalue weighted by Crippen LogP contribution is -2.49. The molecule has 0 bridgehead atoms. The van der Waals surface area contributed by atoms with Gasteiger partial charge in [0.05, 0.1) is 19.0 Å². The standard InChI is InChI=1S/C15H20N4O3/c1-22-15(21)19-8-6-18(7-9-19)13-5-4-12(10-16-13)17-14(20)11-2-3-11/h4-5,10-11H,2-3,6-9H2,1H3,(H,17,20). The minimum absolute atomic E-state index is 0.0845. The molecule has 1 aromatic heterocycles. The van der Waals surface area contributed by atoms with Gasteiger partial charge in [-0.15, -0.1) is 0 Å². The molecule has 1 aliphatic carbocycles. The van der Waals surface area contributed by atoms with E-state index in [1.807, 2.05) is 12.1 Å². The van der Waals surface area contributed by atoms with Gasteiger partial charge < -0.3 is 19.9 Å². The number of piperazine rings is 1. The Bertz CT molecular complexity index is 548. The molecule has 7 heteroatoms. The third-order valence-corrected chi connectivity index (χ3v) is 4.00. The maximum atomic E-state index is 11.7. The molecule has 1 saturated carbocycles. The Hall–Kier alpha value is -2.31. The first-order chi connectivity index (χ1) is 10.7. The van der Waals surface area contributed by atoms with E-state index in [1.165, 1.54) is 7.11 Å². The molecule has 2 heterocycles. The van der Waals surface area contributed by atoms with Gasteiger partial charge in [-0.05, 0) is 25.0 Å². The number of carbonyl (C=O) groups is 2. The number of methoxy groups -OCH3 is 1. The Balaban J connectivity index is 1.54. The van der Waals surface area contributed by atoms with Crippen LogP contribution >= 0.6 is 0 Å². The first-order valence-corrected chi connectivity index (χ1v) is 7.52. The predicted molar refractivity (Wildman–Crippen MR) is 81.8 cm³/mol. The Morgan fingerprint density at radius 3 is 2.50 bits per heavy atom. The van der Waals surface area contributed by atoms with Crippen LogP contribution in [0.2, 0.25) is 0 Å². The summed E-state index contributed by atoms with van der Waals surface area (Å²) in [5.41, 5.74) is 0.730. The third kappa shape index (κ3) is 3.29. The maximum Gasteiger partial charge on any atom is 0.409 e. The average molecular weight is 304 g/mol. The van der Waals surface area contributed by atoms with Gasteiger partial charge in [0.25, 0.3) is 0 Å². The minimum atomic E-state index is -0.286. The van der Waals surface area contributed by atoms with Crippen molar-refractivity contribution in [2.24, 2.45) is 5.92 Å². The Kier molecular flexibility index (Phi) is 4.13. The number of rotatable bonds is 3. The summed E-state index contributed by atoms with van der Waals surface area (Å²) < 4.78 is 4.72. The summed E-state index contributed by atoms with van der Waals surface area (Å²) in [7, 11) is 1.39. The van der Waals surface area contributed by atoms with Gasteiger partial charge in [0, 0.05) is 32.1 Å². The fourth-order valence-corrected chi connectivity index (χ4v) is 2.48. The minimum Gasteiger partial charge on any atom is -0.453 e. The number of amides is 2. The number of nitrogens with zero attached hydrogens (tertiary/aromatic N) is 3. The molecule has 2 fully saturated rings. The molecule has 0 spiro atoms. The SMILES string of the molecule is COC(=O)N1CCN(c2ccc(NC(=O)C3CC3)cn2)CC1. The van der Waals surface area contributed by atoms with Crippen LogP contribution in [-0.2, 0) is 9.53 Å². The lowest BCUT2D eigenvalue weighted by molar-refractivity contribution is -0.117. The van der Waals surface area contributed by atoms with Crippen molar-refractivity contribution in [1.82, 2.24) is 9.88 Å². The summed E-state index contributed by atoms with van der Waals surface area (Å²) in [6.45, 7) is 2.68. The van der Waals surface area contributed by atoms with Crippen molar-refractivity contribution in [2.75, 3.05) is 43.5 Å². The number of hydrogen-bond acceptors (Lipinski definition) is 5. The number of pyridine rings is 1. The molecule has 1 saturated heterocycles. The van der Waals surface area contributed by atoms with Crippen molar-refractivity contribution < 1.29 is 14.3 Å². The lowest BCUT2D eigenvalue weighted by Gasteiger charge is -2.34. The van der Waals surface area contributed by atoms with Crippen LogP contribution in [0.5, 0.6) is 0 Å². The first-order valence-electron chi connectivity index (χ1n) is 7.52. The molecule has 22 heavy (non-hydrogen) atoms. The van der Waals surface area contributed by atoms with E-state index in [2.05, 4.69) is 15.2 Å². The topological polar surface area (TPSA) is 74.8 Å². The van der Waals surface area contributed by atoms with Crippen LogP contribution in [0.15, 0.2) is 18.3 Å². The molecule has 0 atom stereocenters. The van der Waals surface area contributed by atoms with E-state index < -0.39 is 0 Å². The van der Waals surface area contributed by atoms with Gasteiger partial charge >= 0.3 is 6.09 Å². The number of anilines is 2. The van der Waals surface area contributed by atoms with E-state index in [-0.39, 0.29) is 17.9 Å². The summed E-state index contributed by atoms with van der Waals surface area (Å²) >= 11 is 0. The molecular weight excluding hydrogens is 284 g/mol. The molecule has 3 rings (SSSR count). The number of nitrogens with one attached hydrogen (secondary N) is 1. The number of hydrogen-bond donors (Lipinski definition) is 1. The second kappa shape index (κ2) is 6.21. The molecule has 1 N–H and O–H groups in total. The Labute approximate surface area is 129 Å². The van der Waals surface area contributed by atoms with Crippen LogP contribution < -0.4 is 10.2 Å². The van der Waals surface area contributed by atoms with Crippen LogP contribution in [0.4, 0.5) is 16.3 Å². The van der Waals surface area contributed by atoms with E-state index in [1.54, 1.807) is 11.1 Å². The average Bonchev–Trinajstić information content (AvgIpc) is 3.40. The zero-order valence-corrected chi connectivity index (χ0v) is 12.6. The van der Waals surface area contributed by atoms with Crippen molar-refractivity contribution in [1.29, 1.82) is 0 Å². The summed E-state index contributed by atoms with van der Waals surface area (Å²) in [4.78, 5) is 31.3. The van der Waals surface area contributed by atoms with Crippen molar-refractivity contribution in [2.45, 2.75) is 12.8 Å². The van der Waals surface area contributed by atoms with E-state index >= 15 is 0 Å². The third-order valence-electron chi connectivity index (χ3n) is 4.00. The van der Waals surface area contributed by atoms with Gasteiger partial charge in [-0.1, -0.05) is 0 Å². The van der Waals surface area contributed by atoms with Crippen molar-refractivity contribution in [3.05, 3.63) is 18.3 Å². The van der Waals surface area contributed by atoms with E-state index in [0.717, 1.165) is 37.4 Å². The zero-order valence-electron chi connectivity index (χ0n) is 12.6. The first kappa shape index (κ1) is 14.6. The van der Waals surface area contributed by atoms with Crippen molar-refractivity contribution >= 4 is 23.5 Å².